The lowest BCUT2D eigenvalue weighted by Gasteiger charge is -2.45. The lowest BCUT2D eigenvalue weighted by Crippen LogP contribution is -2.53. The molecule has 2 aliphatic rings. The van der Waals surface area contributed by atoms with Crippen LogP contribution in [0.5, 0.6) is 5.75 Å². The summed E-state index contributed by atoms with van der Waals surface area (Å²) in [6.07, 6.45) is 1.29. The molecule has 3 atom stereocenters. The van der Waals surface area contributed by atoms with E-state index in [4.69, 9.17) is 9.51 Å². The molecule has 3 heterocycles. The minimum absolute atomic E-state index is 0.118. The second kappa shape index (κ2) is 11.5. The zero-order chi connectivity index (χ0) is 30.3. The highest BCUT2D eigenvalue weighted by Gasteiger charge is 2.37. The summed E-state index contributed by atoms with van der Waals surface area (Å²) in [5.41, 5.74) is 2.70. The number of aromatic carboxylic acids is 1. The number of alkyl halides is 3. The van der Waals surface area contributed by atoms with Crippen molar-refractivity contribution in [3.63, 3.8) is 0 Å². The summed E-state index contributed by atoms with van der Waals surface area (Å²) in [4.78, 5) is 22.9. The summed E-state index contributed by atoms with van der Waals surface area (Å²) >= 11 is 0. The van der Waals surface area contributed by atoms with Gasteiger partial charge in [0.15, 0.2) is 0 Å². The lowest BCUT2D eigenvalue weighted by atomic mass is 9.90. The average Bonchev–Trinajstić information content (AvgIpc) is 3.73. The van der Waals surface area contributed by atoms with Crippen molar-refractivity contribution in [2.24, 2.45) is 0 Å². The van der Waals surface area contributed by atoms with Crippen LogP contribution in [-0.4, -0.2) is 50.7 Å². The van der Waals surface area contributed by atoms with Crippen LogP contribution >= 0.6 is 0 Å². The summed E-state index contributed by atoms with van der Waals surface area (Å²) in [7, 11) is 0. The predicted molar refractivity (Wildman–Crippen MR) is 153 cm³/mol. The van der Waals surface area contributed by atoms with Gasteiger partial charge in [0, 0.05) is 41.7 Å². The highest BCUT2D eigenvalue weighted by Crippen LogP contribution is 2.45. The zero-order valence-electron chi connectivity index (χ0n) is 23.8. The fourth-order valence-electron chi connectivity index (χ4n) is 6.12. The predicted octanol–water partition coefficient (Wildman–Crippen LogP) is 6.68. The number of carbonyl (C=O) groups is 1. The average molecular weight is 596 g/mol. The van der Waals surface area contributed by atoms with E-state index in [0.717, 1.165) is 49.2 Å². The number of rotatable bonds is 9. The zero-order valence-corrected chi connectivity index (χ0v) is 23.8. The van der Waals surface area contributed by atoms with Crippen LogP contribution in [0.3, 0.4) is 0 Å². The van der Waals surface area contributed by atoms with Gasteiger partial charge in [-0.25, -0.2) is 9.78 Å². The van der Waals surface area contributed by atoms with E-state index in [1.54, 1.807) is 24.4 Å². The molecule has 0 bridgehead atoms. The minimum Gasteiger partial charge on any atom is -0.478 e. The molecule has 2 aromatic carbocycles. The molecule has 43 heavy (non-hydrogen) atoms. The SMILES string of the molecule is CCC1CC(NCc2c(-c3ccccc3OC(F)(F)F)noc2C2CC2)CC(C)N1c1cnc2cc(C(=O)O)ccc2n1. The number of hydrogen-bond acceptors (Lipinski definition) is 8. The monoisotopic (exact) mass is 595 g/mol. The van der Waals surface area contributed by atoms with E-state index in [0.29, 0.717) is 23.3 Å². The summed E-state index contributed by atoms with van der Waals surface area (Å²) in [5.74, 6) is 0.362. The number of carboxylic acid groups (broad SMARTS) is 1. The van der Waals surface area contributed by atoms with E-state index in [1.165, 1.54) is 24.3 Å². The number of fused-ring (bicyclic) bond motifs is 1. The van der Waals surface area contributed by atoms with Gasteiger partial charge in [-0.15, -0.1) is 13.2 Å². The van der Waals surface area contributed by atoms with E-state index < -0.39 is 12.3 Å². The number of hydrogen-bond donors (Lipinski definition) is 2. The van der Waals surface area contributed by atoms with Crippen molar-refractivity contribution >= 4 is 22.8 Å². The van der Waals surface area contributed by atoms with E-state index in [2.05, 4.69) is 38.9 Å². The third-order valence-electron chi connectivity index (χ3n) is 8.26. The number of aromatic nitrogens is 3. The van der Waals surface area contributed by atoms with E-state index >= 15 is 0 Å². The molecular formula is C31H32F3N5O4. The standard InChI is InChI=1S/C31H32F3N5O4/c1-3-21-14-20(12-17(2)39(21)27-16-36-25-13-19(30(40)41)10-11-24(25)37-27)35-15-23-28(38-43-29(23)18-8-9-18)22-6-4-5-7-26(22)42-31(32,33)34/h4-7,10-11,13,16-18,20-21,35H,3,8-9,12,14-15H2,1-2H3,(H,40,41). The van der Waals surface area contributed by atoms with Crippen LogP contribution in [0.25, 0.3) is 22.3 Å². The molecular weight excluding hydrogens is 563 g/mol. The normalized spacial score (nSPS) is 20.9. The molecule has 0 amide bonds. The first kappa shape index (κ1) is 28.9. The molecule has 226 valence electrons. The molecule has 1 saturated carbocycles. The third kappa shape index (κ3) is 6.15. The summed E-state index contributed by atoms with van der Waals surface area (Å²) in [5, 5.41) is 17.2. The number of benzene rings is 2. The van der Waals surface area contributed by atoms with Gasteiger partial charge in [-0.2, -0.15) is 0 Å². The number of carboxylic acids is 1. The van der Waals surface area contributed by atoms with Gasteiger partial charge in [0.05, 0.1) is 22.8 Å². The Bertz CT molecular complexity index is 1640. The largest absolute Gasteiger partial charge is 0.573 e. The summed E-state index contributed by atoms with van der Waals surface area (Å²) in [6, 6.07) is 11.2. The van der Waals surface area contributed by atoms with Crippen molar-refractivity contribution in [1.29, 1.82) is 0 Å². The highest BCUT2D eigenvalue weighted by atomic mass is 19.4. The Morgan fingerprint density at radius 3 is 2.67 bits per heavy atom. The van der Waals surface area contributed by atoms with E-state index in [-0.39, 0.29) is 40.9 Å². The number of anilines is 1. The molecule has 1 saturated heterocycles. The van der Waals surface area contributed by atoms with Crippen LogP contribution in [0.4, 0.5) is 19.0 Å². The Labute approximate surface area is 246 Å². The van der Waals surface area contributed by atoms with Gasteiger partial charge >= 0.3 is 12.3 Å². The van der Waals surface area contributed by atoms with Crippen molar-refractivity contribution in [2.45, 2.75) is 82.9 Å². The minimum atomic E-state index is -4.83. The second-order valence-corrected chi connectivity index (χ2v) is 11.3. The van der Waals surface area contributed by atoms with Crippen molar-refractivity contribution in [1.82, 2.24) is 20.4 Å². The van der Waals surface area contributed by atoms with Gasteiger partial charge < -0.3 is 24.6 Å². The summed E-state index contributed by atoms with van der Waals surface area (Å²) < 4.78 is 49.5. The molecule has 4 aromatic rings. The molecule has 2 N–H and O–H groups in total. The lowest BCUT2D eigenvalue weighted by molar-refractivity contribution is -0.274. The summed E-state index contributed by atoms with van der Waals surface area (Å²) in [6.45, 7) is 4.67. The van der Waals surface area contributed by atoms with Crippen LogP contribution < -0.4 is 15.0 Å². The van der Waals surface area contributed by atoms with Gasteiger partial charge in [0.2, 0.25) is 0 Å². The fraction of sp³-hybridized carbons (Fsp3) is 0.419. The number of nitrogens with one attached hydrogen (secondary N) is 1. The Hall–Kier alpha value is -4.19. The number of piperidine rings is 1. The van der Waals surface area contributed by atoms with Crippen molar-refractivity contribution in [2.75, 3.05) is 4.90 Å². The van der Waals surface area contributed by atoms with Crippen molar-refractivity contribution < 1.29 is 32.3 Å². The molecule has 2 aromatic heterocycles. The number of nitrogens with zero attached hydrogens (tertiary/aromatic N) is 4. The molecule has 1 aliphatic carbocycles. The van der Waals surface area contributed by atoms with Crippen LogP contribution in [0.15, 0.2) is 53.2 Å². The molecule has 0 radical (unpaired) electrons. The quantitative estimate of drug-likeness (QED) is 0.219. The fourth-order valence-corrected chi connectivity index (χ4v) is 6.12. The smallest absolute Gasteiger partial charge is 0.478 e. The van der Waals surface area contributed by atoms with Gasteiger partial charge in [-0.3, -0.25) is 4.98 Å². The van der Waals surface area contributed by atoms with Crippen molar-refractivity contribution in [3.8, 4) is 17.0 Å². The van der Waals surface area contributed by atoms with Gasteiger partial charge in [0.25, 0.3) is 0 Å². The molecule has 3 unspecified atom stereocenters. The molecule has 6 rings (SSSR count). The number of ether oxygens (including phenoxy) is 1. The molecule has 2 fully saturated rings. The number of para-hydroxylation sites is 1. The second-order valence-electron chi connectivity index (χ2n) is 11.3. The first-order chi connectivity index (χ1) is 20.6. The van der Waals surface area contributed by atoms with Crippen LogP contribution in [0.1, 0.15) is 73.6 Å². The Kier molecular flexibility index (Phi) is 7.72. The highest BCUT2D eigenvalue weighted by molar-refractivity contribution is 5.92. The van der Waals surface area contributed by atoms with Gasteiger partial charge in [-0.05, 0) is 69.4 Å². The Balaban J connectivity index is 1.21. The molecule has 0 spiro atoms. The van der Waals surface area contributed by atoms with Crippen LogP contribution in [-0.2, 0) is 6.54 Å². The molecule has 12 heteroatoms. The van der Waals surface area contributed by atoms with E-state index in [1.807, 2.05) is 0 Å². The maximum Gasteiger partial charge on any atom is 0.573 e. The third-order valence-corrected chi connectivity index (χ3v) is 8.26. The first-order valence-electron chi connectivity index (χ1n) is 14.5. The van der Waals surface area contributed by atoms with Gasteiger partial charge in [-0.1, -0.05) is 24.2 Å². The number of halogens is 3. The Morgan fingerprint density at radius 2 is 1.95 bits per heavy atom. The van der Waals surface area contributed by atoms with E-state index in [9.17, 15) is 23.1 Å². The maximum atomic E-state index is 13.1. The molecule has 1 aliphatic heterocycles. The van der Waals surface area contributed by atoms with Crippen molar-refractivity contribution in [3.05, 3.63) is 65.5 Å². The van der Waals surface area contributed by atoms with Crippen LogP contribution in [0, 0.1) is 0 Å². The topological polar surface area (TPSA) is 114 Å². The Morgan fingerprint density at radius 1 is 1.16 bits per heavy atom. The van der Waals surface area contributed by atoms with Gasteiger partial charge in [0.1, 0.15) is 23.0 Å². The first-order valence-corrected chi connectivity index (χ1v) is 14.5. The maximum absolute atomic E-state index is 13.1. The van der Waals surface area contributed by atoms with Crippen LogP contribution in [0.2, 0.25) is 0 Å². The molecule has 9 nitrogen and oxygen atoms in total.